The molecule has 0 aliphatic heterocycles. The third-order valence-corrected chi connectivity index (χ3v) is 5.19. The minimum absolute atomic E-state index is 0.0344. The second-order valence-corrected chi connectivity index (χ2v) is 6.78. The SMILES string of the molecule is CCCC(O)(CC)C1(CN)CCC(C)(C)CC1. The Morgan fingerprint density at radius 2 is 1.65 bits per heavy atom. The summed E-state index contributed by atoms with van der Waals surface area (Å²) in [7, 11) is 0. The van der Waals surface area contributed by atoms with Crippen LogP contribution in [0.2, 0.25) is 0 Å². The van der Waals surface area contributed by atoms with Gasteiger partial charge in [-0.15, -0.1) is 0 Å². The molecule has 1 atom stereocenters. The Bertz CT molecular complexity index is 239. The summed E-state index contributed by atoms with van der Waals surface area (Å²) >= 11 is 0. The number of aliphatic hydroxyl groups is 1. The Hall–Kier alpha value is -0.0800. The molecule has 1 saturated carbocycles. The second-order valence-electron chi connectivity index (χ2n) is 6.78. The summed E-state index contributed by atoms with van der Waals surface area (Å²) in [6, 6.07) is 0. The zero-order chi connectivity index (χ0) is 13.2. The fraction of sp³-hybridized carbons (Fsp3) is 1.00. The first-order valence-corrected chi connectivity index (χ1v) is 7.27. The summed E-state index contributed by atoms with van der Waals surface area (Å²) < 4.78 is 0. The number of nitrogens with two attached hydrogens (primary N) is 1. The van der Waals surface area contributed by atoms with Gasteiger partial charge in [-0.3, -0.25) is 0 Å². The van der Waals surface area contributed by atoms with Crippen LogP contribution in [0.5, 0.6) is 0 Å². The van der Waals surface area contributed by atoms with Gasteiger partial charge in [0, 0.05) is 12.0 Å². The van der Waals surface area contributed by atoms with Crippen molar-refractivity contribution in [2.24, 2.45) is 16.6 Å². The van der Waals surface area contributed by atoms with Crippen molar-refractivity contribution in [2.75, 3.05) is 6.54 Å². The third-order valence-electron chi connectivity index (χ3n) is 5.19. The molecule has 2 nitrogen and oxygen atoms in total. The molecule has 0 bridgehead atoms. The first-order valence-electron chi connectivity index (χ1n) is 7.27. The lowest BCUT2D eigenvalue weighted by atomic mass is 9.56. The predicted molar refractivity (Wildman–Crippen MR) is 73.9 cm³/mol. The molecule has 0 spiro atoms. The van der Waals surface area contributed by atoms with Crippen molar-refractivity contribution in [3.05, 3.63) is 0 Å². The largest absolute Gasteiger partial charge is 0.389 e. The van der Waals surface area contributed by atoms with Gasteiger partial charge in [-0.05, 0) is 43.9 Å². The second kappa shape index (κ2) is 5.27. The zero-order valence-corrected chi connectivity index (χ0v) is 12.2. The molecule has 0 aromatic carbocycles. The molecule has 1 fully saturated rings. The highest BCUT2D eigenvalue weighted by Crippen LogP contribution is 2.52. The van der Waals surface area contributed by atoms with E-state index in [0.29, 0.717) is 12.0 Å². The van der Waals surface area contributed by atoms with Crippen molar-refractivity contribution >= 4 is 0 Å². The molecule has 1 aliphatic rings. The molecule has 1 unspecified atom stereocenters. The van der Waals surface area contributed by atoms with Crippen molar-refractivity contribution in [2.45, 2.75) is 78.2 Å². The van der Waals surface area contributed by atoms with E-state index in [1.54, 1.807) is 0 Å². The Morgan fingerprint density at radius 1 is 1.12 bits per heavy atom. The standard InChI is InChI=1S/C15H31NO/c1-5-7-15(17,6-2)14(12-16)10-8-13(3,4)9-11-14/h17H,5-12,16H2,1-4H3. The minimum atomic E-state index is -0.549. The van der Waals surface area contributed by atoms with Crippen LogP contribution in [0.25, 0.3) is 0 Å². The first kappa shape index (κ1) is 15.0. The molecule has 17 heavy (non-hydrogen) atoms. The smallest absolute Gasteiger partial charge is 0.0713 e. The lowest BCUT2D eigenvalue weighted by Crippen LogP contribution is -2.54. The molecular formula is C15H31NO. The van der Waals surface area contributed by atoms with Crippen molar-refractivity contribution in [1.82, 2.24) is 0 Å². The highest BCUT2D eigenvalue weighted by Gasteiger charge is 2.50. The van der Waals surface area contributed by atoms with Crippen molar-refractivity contribution < 1.29 is 5.11 Å². The molecule has 0 radical (unpaired) electrons. The monoisotopic (exact) mass is 241 g/mol. The quantitative estimate of drug-likeness (QED) is 0.774. The Morgan fingerprint density at radius 3 is 2.00 bits per heavy atom. The number of hydrogen-bond donors (Lipinski definition) is 2. The maximum absolute atomic E-state index is 11.0. The van der Waals surface area contributed by atoms with Gasteiger partial charge in [-0.25, -0.2) is 0 Å². The third kappa shape index (κ3) is 2.85. The van der Waals surface area contributed by atoms with E-state index in [2.05, 4.69) is 27.7 Å². The Labute approximate surface area is 107 Å². The molecule has 0 saturated heterocycles. The van der Waals surface area contributed by atoms with Gasteiger partial charge in [0.05, 0.1) is 5.60 Å². The summed E-state index contributed by atoms with van der Waals surface area (Å²) in [5.41, 5.74) is 5.91. The topological polar surface area (TPSA) is 46.2 Å². The molecule has 0 aromatic heterocycles. The maximum Gasteiger partial charge on any atom is 0.0713 e. The van der Waals surface area contributed by atoms with E-state index in [1.165, 1.54) is 12.8 Å². The van der Waals surface area contributed by atoms with E-state index in [9.17, 15) is 5.11 Å². The molecule has 3 N–H and O–H groups in total. The highest BCUT2D eigenvalue weighted by molar-refractivity contribution is 5.02. The Kier molecular flexibility index (Phi) is 4.65. The van der Waals surface area contributed by atoms with E-state index in [1.807, 2.05) is 0 Å². The predicted octanol–water partition coefficient (Wildman–Crippen LogP) is 3.47. The highest BCUT2D eigenvalue weighted by atomic mass is 16.3. The average molecular weight is 241 g/mol. The fourth-order valence-electron chi connectivity index (χ4n) is 3.50. The van der Waals surface area contributed by atoms with Crippen LogP contribution in [-0.4, -0.2) is 17.3 Å². The van der Waals surface area contributed by atoms with Crippen LogP contribution in [-0.2, 0) is 0 Å². The van der Waals surface area contributed by atoms with Crippen molar-refractivity contribution in [3.8, 4) is 0 Å². The van der Waals surface area contributed by atoms with Gasteiger partial charge in [-0.2, -0.15) is 0 Å². The van der Waals surface area contributed by atoms with Crippen LogP contribution in [0.1, 0.15) is 72.6 Å². The van der Waals surface area contributed by atoms with Crippen LogP contribution < -0.4 is 5.73 Å². The zero-order valence-electron chi connectivity index (χ0n) is 12.2. The molecular weight excluding hydrogens is 210 g/mol. The molecule has 0 aromatic rings. The van der Waals surface area contributed by atoms with Crippen LogP contribution >= 0.6 is 0 Å². The summed E-state index contributed by atoms with van der Waals surface area (Å²) in [5.74, 6) is 0. The molecule has 0 amide bonds. The summed E-state index contributed by atoms with van der Waals surface area (Å²) in [5, 5.41) is 11.0. The lowest BCUT2D eigenvalue weighted by Gasteiger charge is -2.52. The lowest BCUT2D eigenvalue weighted by molar-refractivity contribution is -0.119. The van der Waals surface area contributed by atoms with Crippen LogP contribution in [0.3, 0.4) is 0 Å². The van der Waals surface area contributed by atoms with Crippen LogP contribution in [0.15, 0.2) is 0 Å². The van der Waals surface area contributed by atoms with Crippen molar-refractivity contribution in [1.29, 1.82) is 0 Å². The van der Waals surface area contributed by atoms with Crippen LogP contribution in [0, 0.1) is 10.8 Å². The fourth-order valence-corrected chi connectivity index (χ4v) is 3.50. The molecule has 1 rings (SSSR count). The number of hydrogen-bond acceptors (Lipinski definition) is 2. The van der Waals surface area contributed by atoms with Gasteiger partial charge < -0.3 is 10.8 Å². The normalized spacial score (nSPS) is 26.5. The number of rotatable bonds is 5. The Balaban J connectivity index is 2.89. The summed E-state index contributed by atoms with van der Waals surface area (Å²) in [6.07, 6.45) is 7.31. The summed E-state index contributed by atoms with van der Waals surface area (Å²) in [6.45, 7) is 9.55. The van der Waals surface area contributed by atoms with E-state index in [-0.39, 0.29) is 5.41 Å². The van der Waals surface area contributed by atoms with E-state index < -0.39 is 5.60 Å². The van der Waals surface area contributed by atoms with E-state index in [0.717, 1.165) is 32.1 Å². The van der Waals surface area contributed by atoms with Gasteiger partial charge in [0.15, 0.2) is 0 Å². The molecule has 0 heterocycles. The first-order chi connectivity index (χ1) is 7.85. The van der Waals surface area contributed by atoms with Gasteiger partial charge in [0.1, 0.15) is 0 Å². The average Bonchev–Trinajstić information content (AvgIpc) is 2.30. The van der Waals surface area contributed by atoms with Crippen LogP contribution in [0.4, 0.5) is 0 Å². The van der Waals surface area contributed by atoms with Gasteiger partial charge in [0.2, 0.25) is 0 Å². The summed E-state index contributed by atoms with van der Waals surface area (Å²) in [4.78, 5) is 0. The van der Waals surface area contributed by atoms with Crippen molar-refractivity contribution in [3.63, 3.8) is 0 Å². The minimum Gasteiger partial charge on any atom is -0.389 e. The van der Waals surface area contributed by atoms with E-state index >= 15 is 0 Å². The van der Waals surface area contributed by atoms with Gasteiger partial charge in [0.25, 0.3) is 0 Å². The molecule has 1 aliphatic carbocycles. The molecule has 2 heteroatoms. The maximum atomic E-state index is 11.0. The van der Waals surface area contributed by atoms with E-state index in [4.69, 9.17) is 5.73 Å². The molecule has 102 valence electrons. The van der Waals surface area contributed by atoms with Gasteiger partial charge in [-0.1, -0.05) is 34.1 Å². The van der Waals surface area contributed by atoms with Gasteiger partial charge >= 0.3 is 0 Å².